The third kappa shape index (κ3) is 2.16. The fourth-order valence-electron chi connectivity index (χ4n) is 3.05. The van der Waals surface area contributed by atoms with E-state index in [4.69, 9.17) is 0 Å². The Morgan fingerprint density at radius 1 is 1.09 bits per heavy atom. The van der Waals surface area contributed by atoms with Crippen LogP contribution >= 0.6 is 23.1 Å². The number of rotatable bonds is 3. The first kappa shape index (κ1) is 13.5. The van der Waals surface area contributed by atoms with Crippen LogP contribution in [0.4, 0.5) is 0 Å². The van der Waals surface area contributed by atoms with Crippen LogP contribution in [-0.4, -0.2) is 29.4 Å². The number of para-hydroxylation sites is 1. The first-order valence-corrected chi connectivity index (χ1v) is 9.47. The molecular formula is C15H14N6S2. The van der Waals surface area contributed by atoms with Crippen molar-refractivity contribution in [2.45, 2.75) is 36.7 Å². The van der Waals surface area contributed by atoms with Crippen molar-refractivity contribution in [2.24, 2.45) is 0 Å². The molecule has 0 saturated heterocycles. The van der Waals surface area contributed by atoms with Gasteiger partial charge in [-0.3, -0.25) is 4.40 Å². The number of hydrogen-bond acceptors (Lipinski definition) is 6. The summed E-state index contributed by atoms with van der Waals surface area (Å²) < 4.78 is 5.64. The van der Waals surface area contributed by atoms with Gasteiger partial charge in [-0.15, -0.1) is 20.4 Å². The predicted molar refractivity (Wildman–Crippen MR) is 90.9 cm³/mol. The highest BCUT2D eigenvalue weighted by Gasteiger charge is 2.18. The molecule has 8 heteroatoms. The molecule has 1 aliphatic heterocycles. The molecule has 0 amide bonds. The molecule has 6 nitrogen and oxygen atoms in total. The van der Waals surface area contributed by atoms with Crippen LogP contribution in [0.25, 0.3) is 15.2 Å². The predicted octanol–water partition coefficient (Wildman–Crippen LogP) is 3.16. The van der Waals surface area contributed by atoms with Crippen molar-refractivity contribution in [3.63, 3.8) is 0 Å². The number of benzene rings is 1. The van der Waals surface area contributed by atoms with Crippen LogP contribution in [0.15, 0.2) is 29.4 Å². The van der Waals surface area contributed by atoms with E-state index in [1.807, 2.05) is 0 Å². The van der Waals surface area contributed by atoms with Crippen molar-refractivity contribution in [2.75, 3.05) is 0 Å². The zero-order valence-electron chi connectivity index (χ0n) is 12.3. The molecule has 4 heterocycles. The highest BCUT2D eigenvalue weighted by molar-refractivity contribution is 7.98. The Labute approximate surface area is 140 Å². The second kappa shape index (κ2) is 5.31. The highest BCUT2D eigenvalue weighted by Crippen LogP contribution is 2.30. The first-order chi connectivity index (χ1) is 11.4. The summed E-state index contributed by atoms with van der Waals surface area (Å²) >= 11 is 3.35. The zero-order valence-corrected chi connectivity index (χ0v) is 14.0. The van der Waals surface area contributed by atoms with Crippen molar-refractivity contribution in [1.29, 1.82) is 0 Å². The molecule has 23 heavy (non-hydrogen) atoms. The average Bonchev–Trinajstić information content (AvgIpc) is 3.26. The Bertz CT molecular complexity index is 998. The lowest BCUT2D eigenvalue weighted by Gasteiger charge is -2.14. The summed E-state index contributed by atoms with van der Waals surface area (Å²) in [6.45, 7) is 1.04. The minimum atomic E-state index is 0.776. The lowest BCUT2D eigenvalue weighted by molar-refractivity contribution is 0.513. The normalized spacial score (nSPS) is 14.6. The van der Waals surface area contributed by atoms with E-state index >= 15 is 0 Å². The highest BCUT2D eigenvalue weighted by atomic mass is 32.2. The van der Waals surface area contributed by atoms with Crippen molar-refractivity contribution in [1.82, 2.24) is 29.4 Å². The zero-order chi connectivity index (χ0) is 15.2. The third-order valence-electron chi connectivity index (χ3n) is 4.18. The number of aryl methyl sites for hydroxylation is 1. The standard InChI is InChI=1S/C15H14N6S2/c1-2-6-11-10(5-1)21-14(18-19-15(21)23-11)22-9-13-17-16-12-7-3-4-8-20(12)13/h1-2,5-6H,3-4,7-9H2. The molecule has 1 aliphatic rings. The van der Waals surface area contributed by atoms with E-state index in [1.165, 1.54) is 23.1 Å². The number of fused-ring (bicyclic) bond motifs is 4. The van der Waals surface area contributed by atoms with Gasteiger partial charge in [0, 0.05) is 13.0 Å². The largest absolute Gasteiger partial charge is 0.314 e. The number of aromatic nitrogens is 6. The quantitative estimate of drug-likeness (QED) is 0.535. The number of hydrogen-bond donors (Lipinski definition) is 0. The maximum atomic E-state index is 4.36. The fourth-order valence-corrected chi connectivity index (χ4v) is 4.96. The summed E-state index contributed by atoms with van der Waals surface area (Å²) in [4.78, 5) is 0.942. The van der Waals surface area contributed by atoms with E-state index in [0.717, 1.165) is 40.5 Å². The van der Waals surface area contributed by atoms with Gasteiger partial charge in [0.05, 0.1) is 16.0 Å². The first-order valence-electron chi connectivity index (χ1n) is 7.66. The van der Waals surface area contributed by atoms with Gasteiger partial charge >= 0.3 is 0 Å². The van der Waals surface area contributed by atoms with Gasteiger partial charge in [-0.1, -0.05) is 35.2 Å². The van der Waals surface area contributed by atoms with Gasteiger partial charge in [0.25, 0.3) is 0 Å². The Morgan fingerprint density at radius 2 is 2.04 bits per heavy atom. The SMILES string of the molecule is c1ccc2c(c1)sc1nnc(SCc3nnc4n3CCCC4)n12. The van der Waals surface area contributed by atoms with Crippen LogP contribution in [0.3, 0.4) is 0 Å². The molecule has 5 rings (SSSR count). The Kier molecular flexibility index (Phi) is 3.12. The van der Waals surface area contributed by atoms with Crippen LogP contribution in [0.2, 0.25) is 0 Å². The smallest absolute Gasteiger partial charge is 0.217 e. The molecule has 0 atom stereocenters. The van der Waals surface area contributed by atoms with E-state index in [0.29, 0.717) is 0 Å². The summed E-state index contributed by atoms with van der Waals surface area (Å²) in [5.41, 5.74) is 1.17. The average molecular weight is 342 g/mol. The number of thiazole rings is 1. The van der Waals surface area contributed by atoms with Crippen molar-refractivity contribution < 1.29 is 0 Å². The molecule has 0 unspecified atom stereocenters. The summed E-state index contributed by atoms with van der Waals surface area (Å²) in [6, 6.07) is 8.35. The van der Waals surface area contributed by atoms with E-state index in [-0.39, 0.29) is 0 Å². The van der Waals surface area contributed by atoms with Crippen molar-refractivity contribution in [3.05, 3.63) is 35.9 Å². The molecule has 0 bridgehead atoms. The van der Waals surface area contributed by atoms with Crippen molar-refractivity contribution >= 4 is 38.3 Å². The molecule has 0 fully saturated rings. The summed E-state index contributed by atoms with van der Waals surface area (Å²) in [7, 11) is 0. The molecular weight excluding hydrogens is 328 g/mol. The van der Waals surface area contributed by atoms with Gasteiger partial charge in [0.15, 0.2) is 5.16 Å². The second-order valence-electron chi connectivity index (χ2n) is 5.60. The Balaban J connectivity index is 1.49. The molecule has 116 valence electrons. The van der Waals surface area contributed by atoms with Gasteiger partial charge in [0.2, 0.25) is 4.96 Å². The minimum absolute atomic E-state index is 0.776. The molecule has 3 aromatic heterocycles. The lowest BCUT2D eigenvalue weighted by atomic mass is 10.2. The third-order valence-corrected chi connectivity index (χ3v) is 6.11. The van der Waals surface area contributed by atoms with E-state index in [2.05, 4.69) is 53.6 Å². The van der Waals surface area contributed by atoms with Gasteiger partial charge in [-0.05, 0) is 25.0 Å². The second-order valence-corrected chi connectivity index (χ2v) is 7.55. The molecule has 0 spiro atoms. The van der Waals surface area contributed by atoms with E-state index in [9.17, 15) is 0 Å². The Hall–Kier alpha value is -1.93. The molecule has 4 aromatic rings. The van der Waals surface area contributed by atoms with E-state index < -0.39 is 0 Å². The summed E-state index contributed by atoms with van der Waals surface area (Å²) in [6.07, 6.45) is 3.48. The number of nitrogens with zero attached hydrogens (tertiary/aromatic N) is 6. The van der Waals surface area contributed by atoms with Crippen LogP contribution in [0.5, 0.6) is 0 Å². The van der Waals surface area contributed by atoms with E-state index in [1.54, 1.807) is 23.1 Å². The monoisotopic (exact) mass is 342 g/mol. The van der Waals surface area contributed by atoms with Gasteiger partial charge in [0.1, 0.15) is 11.6 Å². The molecule has 0 aliphatic carbocycles. The minimum Gasteiger partial charge on any atom is -0.314 e. The van der Waals surface area contributed by atoms with Crippen LogP contribution in [0.1, 0.15) is 24.5 Å². The maximum absolute atomic E-state index is 4.36. The molecule has 1 aromatic carbocycles. The van der Waals surface area contributed by atoms with Crippen LogP contribution in [-0.2, 0) is 18.7 Å². The van der Waals surface area contributed by atoms with Gasteiger partial charge in [-0.25, -0.2) is 0 Å². The van der Waals surface area contributed by atoms with Gasteiger partial charge in [-0.2, -0.15) is 0 Å². The summed E-state index contributed by atoms with van der Waals surface area (Å²) in [5.74, 6) is 2.94. The molecule has 0 saturated carbocycles. The fraction of sp³-hybridized carbons (Fsp3) is 0.333. The Morgan fingerprint density at radius 3 is 3.04 bits per heavy atom. The number of thioether (sulfide) groups is 1. The molecule has 0 N–H and O–H groups in total. The lowest BCUT2D eigenvalue weighted by Crippen LogP contribution is -2.12. The topological polar surface area (TPSA) is 60.9 Å². The summed E-state index contributed by atoms with van der Waals surface area (Å²) in [5, 5.41) is 18.3. The van der Waals surface area contributed by atoms with Crippen LogP contribution < -0.4 is 0 Å². The van der Waals surface area contributed by atoms with Crippen LogP contribution in [0, 0.1) is 0 Å². The molecule has 0 radical (unpaired) electrons. The maximum Gasteiger partial charge on any atom is 0.217 e. The van der Waals surface area contributed by atoms with Gasteiger partial charge < -0.3 is 4.57 Å². The van der Waals surface area contributed by atoms with Crippen molar-refractivity contribution in [3.8, 4) is 0 Å².